The minimum atomic E-state index is 0.425. The zero-order chi connectivity index (χ0) is 5.11. The molecule has 1 saturated heterocycles. The van der Waals surface area contributed by atoms with Crippen LogP contribution in [0.15, 0.2) is 0 Å². The molecule has 0 unspecified atom stereocenters. The van der Waals surface area contributed by atoms with Gasteiger partial charge in [-0.15, -0.1) is 0 Å². The lowest BCUT2D eigenvalue weighted by Crippen LogP contribution is -2.36. The van der Waals surface area contributed by atoms with Crippen LogP contribution in [0.5, 0.6) is 0 Å². The molecule has 1 atom stereocenters. The summed E-state index contributed by atoms with van der Waals surface area (Å²) in [4.78, 5) is 0. The van der Waals surface area contributed by atoms with Gasteiger partial charge in [0.15, 0.2) is 0 Å². The van der Waals surface area contributed by atoms with Gasteiger partial charge in [0.05, 0.1) is 12.7 Å². The molecule has 1 aliphatic heterocycles. The Bertz CT molecular complexity index is 50.0. The van der Waals surface area contributed by atoms with Crippen molar-refractivity contribution >= 4 is 0 Å². The fraction of sp³-hybridized carbons (Fsp3) is 1.00. The minimum Gasteiger partial charge on any atom is -0.376 e. The molecule has 1 fully saturated rings. The molecule has 1 aliphatic rings. The van der Waals surface area contributed by atoms with Crippen molar-refractivity contribution in [2.75, 3.05) is 19.7 Å². The molecular formula is C5H11NO. The second kappa shape index (κ2) is 2.28. The Morgan fingerprint density at radius 2 is 2.57 bits per heavy atom. The van der Waals surface area contributed by atoms with E-state index < -0.39 is 0 Å². The maximum Gasteiger partial charge on any atom is 0.0672 e. The van der Waals surface area contributed by atoms with Crippen molar-refractivity contribution in [1.82, 2.24) is 5.32 Å². The molecule has 0 bridgehead atoms. The number of rotatable bonds is 0. The smallest absolute Gasteiger partial charge is 0.0672 e. The molecule has 0 aromatic carbocycles. The van der Waals surface area contributed by atoms with Crippen LogP contribution in [0.2, 0.25) is 0 Å². The number of hydrogen-bond donors (Lipinski definition) is 1. The molecule has 0 amide bonds. The molecule has 1 rings (SSSR count). The topological polar surface area (TPSA) is 21.3 Å². The molecule has 0 radical (unpaired) electrons. The van der Waals surface area contributed by atoms with E-state index in [0.29, 0.717) is 6.10 Å². The predicted octanol–water partition coefficient (Wildman–Crippen LogP) is -0.00530. The van der Waals surface area contributed by atoms with Gasteiger partial charge in [0.25, 0.3) is 0 Å². The molecule has 0 spiro atoms. The van der Waals surface area contributed by atoms with Crippen molar-refractivity contribution in [3.63, 3.8) is 0 Å². The second-order valence-corrected chi connectivity index (χ2v) is 1.89. The van der Waals surface area contributed by atoms with Crippen molar-refractivity contribution in [2.24, 2.45) is 0 Å². The van der Waals surface area contributed by atoms with Crippen molar-refractivity contribution in [3.05, 3.63) is 0 Å². The lowest BCUT2D eigenvalue weighted by atomic mass is 10.3. The van der Waals surface area contributed by atoms with Gasteiger partial charge in [-0.25, -0.2) is 0 Å². The number of morpholine rings is 1. The Labute approximate surface area is 43.9 Å². The van der Waals surface area contributed by atoms with Crippen LogP contribution in [0.1, 0.15) is 6.92 Å². The highest BCUT2D eigenvalue weighted by Crippen LogP contribution is 1.91. The third kappa shape index (κ3) is 1.45. The zero-order valence-electron chi connectivity index (χ0n) is 4.61. The first kappa shape index (κ1) is 5.06. The first-order valence-corrected chi connectivity index (χ1v) is 2.72. The van der Waals surface area contributed by atoms with E-state index in [9.17, 15) is 0 Å². The molecule has 2 heteroatoms. The summed E-state index contributed by atoms with van der Waals surface area (Å²) in [6, 6.07) is 0. The van der Waals surface area contributed by atoms with E-state index in [1.54, 1.807) is 0 Å². The first-order chi connectivity index (χ1) is 3.39. The summed E-state index contributed by atoms with van der Waals surface area (Å²) in [6.45, 7) is 4.98. The van der Waals surface area contributed by atoms with Crippen LogP contribution in [0, 0.1) is 0 Å². The van der Waals surface area contributed by atoms with Gasteiger partial charge in [-0.2, -0.15) is 0 Å². The molecule has 0 aromatic rings. The van der Waals surface area contributed by atoms with Crippen LogP contribution < -0.4 is 5.32 Å². The Hall–Kier alpha value is -0.0800. The maximum absolute atomic E-state index is 5.22. The average Bonchev–Trinajstić information content (AvgIpc) is 1.69. The van der Waals surface area contributed by atoms with Crippen molar-refractivity contribution in [2.45, 2.75) is 13.0 Å². The Kier molecular flexibility index (Phi) is 1.65. The maximum atomic E-state index is 5.22. The van der Waals surface area contributed by atoms with Crippen molar-refractivity contribution in [3.8, 4) is 0 Å². The number of ether oxygens (including phenoxy) is 1. The van der Waals surface area contributed by atoms with Gasteiger partial charge in [-0.05, 0) is 6.92 Å². The summed E-state index contributed by atoms with van der Waals surface area (Å²) >= 11 is 0. The molecule has 1 N–H and O–H groups in total. The number of nitrogens with one attached hydrogen (secondary N) is 1. The number of hydrogen-bond acceptors (Lipinski definition) is 2. The lowest BCUT2D eigenvalue weighted by molar-refractivity contribution is 0.0410. The van der Waals surface area contributed by atoms with Gasteiger partial charge >= 0.3 is 0 Å². The molecule has 0 saturated carbocycles. The van der Waals surface area contributed by atoms with E-state index in [1.807, 2.05) is 0 Å². The normalized spacial score (nSPS) is 33.0. The highest BCUT2D eigenvalue weighted by molar-refractivity contribution is 4.59. The van der Waals surface area contributed by atoms with E-state index >= 15 is 0 Å². The lowest BCUT2D eigenvalue weighted by Gasteiger charge is -2.18. The fourth-order valence-corrected chi connectivity index (χ4v) is 0.697. The highest BCUT2D eigenvalue weighted by Gasteiger charge is 2.04. The van der Waals surface area contributed by atoms with Crippen LogP contribution in [0.25, 0.3) is 0 Å². The Balaban J connectivity index is 2.12. The summed E-state index contributed by atoms with van der Waals surface area (Å²) in [7, 11) is 0. The standard InChI is InChI=1S/C5H11NO/c1-5-4-6-2-3-7-5/h5-6H,2-4H2,1H3/t5-/m1/s1. The van der Waals surface area contributed by atoms with Gasteiger partial charge in [0, 0.05) is 13.1 Å². The molecule has 0 aromatic heterocycles. The summed E-state index contributed by atoms with van der Waals surface area (Å²) in [5.74, 6) is 0. The monoisotopic (exact) mass is 101 g/mol. The SMILES string of the molecule is C[C@@H]1CNCCO1. The largest absolute Gasteiger partial charge is 0.376 e. The zero-order valence-corrected chi connectivity index (χ0v) is 4.61. The third-order valence-electron chi connectivity index (χ3n) is 1.11. The van der Waals surface area contributed by atoms with E-state index in [0.717, 1.165) is 19.7 Å². The van der Waals surface area contributed by atoms with Gasteiger partial charge in [0.2, 0.25) is 0 Å². The van der Waals surface area contributed by atoms with E-state index in [1.165, 1.54) is 0 Å². The average molecular weight is 101 g/mol. The third-order valence-corrected chi connectivity index (χ3v) is 1.11. The van der Waals surface area contributed by atoms with E-state index in [4.69, 9.17) is 4.74 Å². The van der Waals surface area contributed by atoms with Gasteiger partial charge in [-0.1, -0.05) is 0 Å². The van der Waals surface area contributed by atoms with Crippen LogP contribution in [0.3, 0.4) is 0 Å². The first-order valence-electron chi connectivity index (χ1n) is 2.72. The fourth-order valence-electron chi connectivity index (χ4n) is 0.697. The summed E-state index contributed by atoms with van der Waals surface area (Å²) in [5, 5.41) is 3.21. The highest BCUT2D eigenvalue weighted by atomic mass is 16.5. The van der Waals surface area contributed by atoms with Gasteiger partial charge in [-0.3, -0.25) is 0 Å². The van der Waals surface area contributed by atoms with Crippen molar-refractivity contribution < 1.29 is 4.74 Å². The Morgan fingerprint density at radius 1 is 1.71 bits per heavy atom. The van der Waals surface area contributed by atoms with Crippen LogP contribution in [0.4, 0.5) is 0 Å². The quantitative estimate of drug-likeness (QED) is 0.463. The van der Waals surface area contributed by atoms with E-state index in [2.05, 4.69) is 12.2 Å². The minimum absolute atomic E-state index is 0.425. The predicted molar refractivity (Wildman–Crippen MR) is 28.3 cm³/mol. The van der Waals surface area contributed by atoms with Crippen molar-refractivity contribution in [1.29, 1.82) is 0 Å². The second-order valence-electron chi connectivity index (χ2n) is 1.89. The van der Waals surface area contributed by atoms with E-state index in [-0.39, 0.29) is 0 Å². The molecule has 7 heavy (non-hydrogen) atoms. The summed E-state index contributed by atoms with van der Waals surface area (Å²) < 4.78 is 5.22. The van der Waals surface area contributed by atoms with Gasteiger partial charge in [0.1, 0.15) is 0 Å². The van der Waals surface area contributed by atoms with Crippen LogP contribution >= 0.6 is 0 Å². The van der Waals surface area contributed by atoms with Gasteiger partial charge < -0.3 is 10.1 Å². The van der Waals surface area contributed by atoms with Crippen LogP contribution in [-0.4, -0.2) is 25.8 Å². The summed E-state index contributed by atoms with van der Waals surface area (Å²) in [5.41, 5.74) is 0. The van der Waals surface area contributed by atoms with Crippen LogP contribution in [-0.2, 0) is 4.74 Å². The Morgan fingerprint density at radius 3 is 2.86 bits per heavy atom. The molecule has 42 valence electrons. The molecule has 0 aliphatic carbocycles. The molecule has 2 nitrogen and oxygen atoms in total. The summed E-state index contributed by atoms with van der Waals surface area (Å²) in [6.07, 6.45) is 0.425. The molecule has 1 heterocycles. The molecular weight excluding hydrogens is 90.1 g/mol.